The first-order valence-electron chi connectivity index (χ1n) is 7.56. The third-order valence-corrected chi connectivity index (χ3v) is 4.26. The van der Waals surface area contributed by atoms with E-state index in [0.717, 1.165) is 12.8 Å². The summed E-state index contributed by atoms with van der Waals surface area (Å²) in [5.41, 5.74) is 6.25. The number of ether oxygens (including phenoxy) is 2. The fourth-order valence-electron chi connectivity index (χ4n) is 3.20. The molecule has 1 unspecified atom stereocenters. The standard InChI is InChI=1S/C16H24N2O3/c1-15(2)8-13(16(3,4)21-15)20-14(19)12-7-10(17)9-18(12)11-5-6-11/h7,9,11,13H,5-6,8,17H2,1-4H3. The molecular weight excluding hydrogens is 268 g/mol. The van der Waals surface area contributed by atoms with Crippen molar-refractivity contribution in [2.24, 2.45) is 0 Å². The molecule has 2 fully saturated rings. The predicted octanol–water partition coefficient (Wildman–Crippen LogP) is 2.91. The van der Waals surface area contributed by atoms with Gasteiger partial charge in [-0.25, -0.2) is 4.79 Å². The number of anilines is 1. The second-order valence-electron chi connectivity index (χ2n) is 7.36. The van der Waals surface area contributed by atoms with Crippen LogP contribution in [0, 0.1) is 0 Å². The van der Waals surface area contributed by atoms with E-state index in [0.29, 0.717) is 23.8 Å². The topological polar surface area (TPSA) is 66.5 Å². The van der Waals surface area contributed by atoms with Crippen molar-refractivity contribution in [2.45, 2.75) is 70.3 Å². The summed E-state index contributed by atoms with van der Waals surface area (Å²) in [5.74, 6) is -0.307. The highest BCUT2D eigenvalue weighted by Crippen LogP contribution is 2.40. The highest BCUT2D eigenvalue weighted by molar-refractivity contribution is 5.89. The Morgan fingerprint density at radius 2 is 2.05 bits per heavy atom. The van der Waals surface area contributed by atoms with Gasteiger partial charge in [0.25, 0.3) is 0 Å². The summed E-state index contributed by atoms with van der Waals surface area (Å²) < 4.78 is 13.7. The van der Waals surface area contributed by atoms with Crippen molar-refractivity contribution in [1.29, 1.82) is 0 Å². The fraction of sp³-hybridized carbons (Fsp3) is 0.688. The van der Waals surface area contributed by atoms with E-state index in [1.165, 1.54) is 0 Å². The molecule has 2 aliphatic rings. The fourth-order valence-corrected chi connectivity index (χ4v) is 3.20. The van der Waals surface area contributed by atoms with Gasteiger partial charge in [0.1, 0.15) is 17.4 Å². The summed E-state index contributed by atoms with van der Waals surface area (Å²) in [4.78, 5) is 12.5. The van der Waals surface area contributed by atoms with Gasteiger partial charge in [0.05, 0.1) is 11.3 Å². The molecule has 1 aromatic heterocycles. The van der Waals surface area contributed by atoms with Crippen LogP contribution in [0.15, 0.2) is 12.3 Å². The number of nitrogens with two attached hydrogens (primary N) is 1. The highest BCUT2D eigenvalue weighted by atomic mass is 16.6. The Morgan fingerprint density at radius 3 is 2.57 bits per heavy atom. The Morgan fingerprint density at radius 1 is 1.38 bits per heavy atom. The van der Waals surface area contributed by atoms with Crippen LogP contribution < -0.4 is 5.73 Å². The summed E-state index contributed by atoms with van der Waals surface area (Å²) in [6, 6.07) is 2.10. The third kappa shape index (κ3) is 2.79. The van der Waals surface area contributed by atoms with E-state index in [1.807, 2.05) is 38.5 Å². The molecule has 0 amide bonds. The number of carbonyl (C=O) groups excluding carboxylic acids is 1. The largest absolute Gasteiger partial charge is 0.455 e. The van der Waals surface area contributed by atoms with E-state index < -0.39 is 5.60 Å². The molecule has 1 aliphatic heterocycles. The Kier molecular flexibility index (Phi) is 3.10. The first-order chi connectivity index (χ1) is 9.68. The molecule has 0 spiro atoms. The van der Waals surface area contributed by atoms with E-state index in [4.69, 9.17) is 15.2 Å². The second-order valence-corrected chi connectivity index (χ2v) is 7.36. The molecule has 2 heterocycles. The second kappa shape index (κ2) is 4.50. The monoisotopic (exact) mass is 292 g/mol. The minimum Gasteiger partial charge on any atom is -0.455 e. The lowest BCUT2D eigenvalue weighted by molar-refractivity contribution is -0.0926. The van der Waals surface area contributed by atoms with Crippen LogP contribution in [0.5, 0.6) is 0 Å². The first kappa shape index (κ1) is 14.4. The van der Waals surface area contributed by atoms with Crippen molar-refractivity contribution in [2.75, 3.05) is 5.73 Å². The van der Waals surface area contributed by atoms with E-state index in [9.17, 15) is 4.79 Å². The Balaban J connectivity index is 1.78. The predicted molar refractivity (Wildman–Crippen MR) is 80.2 cm³/mol. The molecule has 5 nitrogen and oxygen atoms in total. The minimum atomic E-state index is -0.471. The molecule has 0 radical (unpaired) electrons. The first-order valence-corrected chi connectivity index (χ1v) is 7.56. The van der Waals surface area contributed by atoms with Crippen LogP contribution in [0.25, 0.3) is 0 Å². The van der Waals surface area contributed by atoms with E-state index in [2.05, 4.69) is 0 Å². The third-order valence-electron chi connectivity index (χ3n) is 4.26. The number of hydrogen-bond donors (Lipinski definition) is 1. The number of esters is 1. The van der Waals surface area contributed by atoms with Crippen LogP contribution in [-0.2, 0) is 9.47 Å². The summed E-state index contributed by atoms with van der Waals surface area (Å²) in [6.07, 6.45) is 4.47. The molecule has 0 bridgehead atoms. The molecular formula is C16H24N2O3. The highest BCUT2D eigenvalue weighted by Gasteiger charge is 2.48. The van der Waals surface area contributed by atoms with Crippen molar-refractivity contribution in [1.82, 2.24) is 4.57 Å². The van der Waals surface area contributed by atoms with Crippen LogP contribution in [0.3, 0.4) is 0 Å². The van der Waals surface area contributed by atoms with Gasteiger partial charge < -0.3 is 19.8 Å². The van der Waals surface area contributed by atoms with Gasteiger partial charge in [-0.15, -0.1) is 0 Å². The summed E-state index contributed by atoms with van der Waals surface area (Å²) in [7, 11) is 0. The van der Waals surface area contributed by atoms with E-state index in [-0.39, 0.29) is 17.7 Å². The molecule has 1 atom stereocenters. The molecule has 3 rings (SSSR count). The molecule has 116 valence electrons. The molecule has 1 aromatic rings. The summed E-state index contributed by atoms with van der Waals surface area (Å²) in [6.45, 7) is 7.98. The Hall–Kier alpha value is -1.49. The van der Waals surface area contributed by atoms with Crippen LogP contribution in [0.1, 0.15) is 63.5 Å². The lowest BCUT2D eigenvalue weighted by atomic mass is 9.97. The molecule has 1 saturated heterocycles. The van der Waals surface area contributed by atoms with E-state index >= 15 is 0 Å². The van der Waals surface area contributed by atoms with Gasteiger partial charge in [-0.05, 0) is 46.6 Å². The molecule has 1 aliphatic carbocycles. The summed E-state index contributed by atoms with van der Waals surface area (Å²) in [5, 5.41) is 0. The van der Waals surface area contributed by atoms with Gasteiger partial charge in [-0.1, -0.05) is 0 Å². The number of aromatic nitrogens is 1. The van der Waals surface area contributed by atoms with Crippen LogP contribution >= 0.6 is 0 Å². The number of rotatable bonds is 3. The number of carbonyl (C=O) groups is 1. The van der Waals surface area contributed by atoms with Gasteiger partial charge in [0.15, 0.2) is 0 Å². The van der Waals surface area contributed by atoms with Crippen molar-refractivity contribution in [3.05, 3.63) is 18.0 Å². The molecule has 21 heavy (non-hydrogen) atoms. The number of nitrogen functional groups attached to an aromatic ring is 1. The van der Waals surface area contributed by atoms with Crippen LogP contribution in [0.4, 0.5) is 5.69 Å². The van der Waals surface area contributed by atoms with Gasteiger partial charge in [0.2, 0.25) is 0 Å². The van der Waals surface area contributed by atoms with Gasteiger partial charge >= 0.3 is 5.97 Å². The summed E-state index contributed by atoms with van der Waals surface area (Å²) >= 11 is 0. The van der Waals surface area contributed by atoms with Crippen LogP contribution in [-0.4, -0.2) is 27.8 Å². The lowest BCUT2D eigenvalue weighted by Crippen LogP contribution is -2.36. The maximum atomic E-state index is 12.5. The van der Waals surface area contributed by atoms with Crippen molar-refractivity contribution in [3.8, 4) is 0 Å². The number of nitrogens with zero attached hydrogens (tertiary/aromatic N) is 1. The maximum Gasteiger partial charge on any atom is 0.355 e. The number of hydrogen-bond acceptors (Lipinski definition) is 4. The Labute approximate surface area is 125 Å². The SMILES string of the molecule is CC1(C)CC(OC(=O)c2cc(N)cn2C2CC2)C(C)(C)O1. The van der Waals surface area contributed by atoms with Crippen molar-refractivity contribution < 1.29 is 14.3 Å². The normalized spacial score (nSPS) is 26.8. The van der Waals surface area contributed by atoms with Gasteiger partial charge in [-0.3, -0.25) is 0 Å². The van der Waals surface area contributed by atoms with Crippen molar-refractivity contribution >= 4 is 11.7 Å². The average Bonchev–Trinajstić information content (AvgIpc) is 3.05. The zero-order chi connectivity index (χ0) is 15.4. The molecule has 1 saturated carbocycles. The van der Waals surface area contributed by atoms with E-state index in [1.54, 1.807) is 6.07 Å². The smallest absolute Gasteiger partial charge is 0.355 e. The zero-order valence-electron chi connectivity index (χ0n) is 13.2. The molecule has 0 aromatic carbocycles. The zero-order valence-corrected chi connectivity index (χ0v) is 13.2. The maximum absolute atomic E-state index is 12.5. The minimum absolute atomic E-state index is 0.247. The lowest BCUT2D eigenvalue weighted by Gasteiger charge is -2.26. The Bertz CT molecular complexity index is 570. The molecule has 2 N–H and O–H groups in total. The van der Waals surface area contributed by atoms with Crippen LogP contribution in [0.2, 0.25) is 0 Å². The van der Waals surface area contributed by atoms with Gasteiger partial charge in [-0.2, -0.15) is 0 Å². The van der Waals surface area contributed by atoms with Gasteiger partial charge in [0, 0.05) is 18.7 Å². The average molecular weight is 292 g/mol. The molecule has 5 heteroatoms. The van der Waals surface area contributed by atoms with Crippen molar-refractivity contribution in [3.63, 3.8) is 0 Å². The quantitative estimate of drug-likeness (QED) is 0.870.